The van der Waals surface area contributed by atoms with E-state index < -0.39 is 11.4 Å². The van der Waals surface area contributed by atoms with Crippen LogP contribution in [0, 0.1) is 5.41 Å². The number of nitrogens with zero attached hydrogens (tertiary/aromatic N) is 1. The average molecular weight is 397 g/mol. The van der Waals surface area contributed by atoms with Gasteiger partial charge in [0.15, 0.2) is 0 Å². The Hall–Kier alpha value is -1.99. The molecule has 0 spiro atoms. The van der Waals surface area contributed by atoms with Crippen LogP contribution in [0.4, 0.5) is 10.5 Å². The molecule has 0 saturated carbocycles. The van der Waals surface area contributed by atoms with Gasteiger partial charge >= 0.3 is 12.0 Å². The molecule has 7 nitrogen and oxygen atoms in total. The van der Waals surface area contributed by atoms with Gasteiger partial charge in [-0.3, -0.25) is 4.79 Å². The largest absolute Gasteiger partial charge is 0.489 e. The highest BCUT2D eigenvalue weighted by Gasteiger charge is 2.42. The number of urea groups is 1. The van der Waals surface area contributed by atoms with E-state index in [4.69, 9.17) is 21.1 Å². The van der Waals surface area contributed by atoms with Crippen molar-refractivity contribution in [2.24, 2.45) is 5.41 Å². The summed E-state index contributed by atoms with van der Waals surface area (Å²) in [6.07, 6.45) is 3.62. The molecule has 0 aromatic heterocycles. The summed E-state index contributed by atoms with van der Waals surface area (Å²) in [5, 5.41) is 12.6. The van der Waals surface area contributed by atoms with Crippen molar-refractivity contribution in [2.45, 2.75) is 38.7 Å². The summed E-state index contributed by atoms with van der Waals surface area (Å²) in [6, 6.07) is 4.68. The molecule has 8 heteroatoms. The maximum absolute atomic E-state index is 12.6. The minimum absolute atomic E-state index is 0.0489. The van der Waals surface area contributed by atoms with Gasteiger partial charge in [0.25, 0.3) is 0 Å². The highest BCUT2D eigenvalue weighted by Crippen LogP contribution is 2.32. The lowest BCUT2D eigenvalue weighted by Gasteiger charge is -2.24. The second-order valence-electron chi connectivity index (χ2n) is 7.41. The Morgan fingerprint density at radius 3 is 2.93 bits per heavy atom. The van der Waals surface area contributed by atoms with Crippen LogP contribution < -0.4 is 10.1 Å². The Labute approximate surface area is 163 Å². The Morgan fingerprint density at radius 2 is 2.26 bits per heavy atom. The number of hydrogen-bond acceptors (Lipinski definition) is 4. The normalized spacial score (nSPS) is 25.3. The van der Waals surface area contributed by atoms with Crippen molar-refractivity contribution in [3.63, 3.8) is 0 Å². The maximum Gasteiger partial charge on any atom is 0.321 e. The van der Waals surface area contributed by atoms with E-state index in [1.165, 1.54) is 4.90 Å². The van der Waals surface area contributed by atoms with Gasteiger partial charge in [0.2, 0.25) is 0 Å². The molecule has 2 fully saturated rings. The first-order valence-electron chi connectivity index (χ1n) is 9.21. The van der Waals surface area contributed by atoms with Crippen LogP contribution in [-0.2, 0) is 9.53 Å². The molecule has 3 rings (SSSR count). The molecule has 2 amide bonds. The van der Waals surface area contributed by atoms with Gasteiger partial charge in [0.05, 0.1) is 17.2 Å². The molecule has 0 aliphatic carbocycles. The minimum Gasteiger partial charge on any atom is -0.489 e. The highest BCUT2D eigenvalue weighted by molar-refractivity contribution is 6.31. The van der Waals surface area contributed by atoms with Crippen LogP contribution >= 0.6 is 11.6 Å². The van der Waals surface area contributed by atoms with Gasteiger partial charge < -0.3 is 24.8 Å². The van der Waals surface area contributed by atoms with Crippen molar-refractivity contribution in [1.29, 1.82) is 0 Å². The molecule has 2 unspecified atom stereocenters. The van der Waals surface area contributed by atoms with Gasteiger partial charge in [-0.2, -0.15) is 0 Å². The van der Waals surface area contributed by atoms with Gasteiger partial charge in [0.1, 0.15) is 12.4 Å². The molecule has 2 atom stereocenters. The van der Waals surface area contributed by atoms with Crippen LogP contribution in [0.1, 0.15) is 32.6 Å². The van der Waals surface area contributed by atoms with Crippen molar-refractivity contribution in [2.75, 3.05) is 31.6 Å². The Bertz CT molecular complexity index is 707. The number of ether oxygens (including phenoxy) is 2. The van der Waals surface area contributed by atoms with Crippen molar-refractivity contribution in [3.05, 3.63) is 23.2 Å². The molecule has 2 N–H and O–H groups in total. The molecule has 2 aliphatic heterocycles. The zero-order valence-electron chi connectivity index (χ0n) is 15.4. The SMILES string of the molecule is CC1(C(=O)O)CCN(C(=O)Nc2cc(Cl)ccc2OCC2CCCCO2)C1. The standard InChI is InChI=1S/C19H25ClN2O5/c1-19(17(23)24)7-8-22(12-19)18(25)21-15-10-13(20)5-6-16(15)27-11-14-4-2-3-9-26-14/h5-6,10,14H,2-4,7-9,11-12H2,1H3,(H,21,25)(H,23,24). The fraction of sp³-hybridized carbons (Fsp3) is 0.579. The number of carboxylic acid groups (broad SMARTS) is 1. The zero-order chi connectivity index (χ0) is 19.4. The van der Waals surface area contributed by atoms with Crippen molar-refractivity contribution >= 4 is 29.3 Å². The Morgan fingerprint density at radius 1 is 1.44 bits per heavy atom. The number of rotatable bonds is 5. The van der Waals surface area contributed by atoms with E-state index in [0.29, 0.717) is 36.0 Å². The molecule has 2 saturated heterocycles. The second-order valence-corrected chi connectivity index (χ2v) is 7.84. The molecular formula is C19H25ClN2O5. The second kappa shape index (κ2) is 8.35. The number of aliphatic carboxylic acids is 1. The van der Waals surface area contributed by atoms with Gasteiger partial charge in [-0.25, -0.2) is 4.79 Å². The number of carboxylic acids is 1. The molecule has 0 radical (unpaired) electrons. The summed E-state index contributed by atoms with van der Waals surface area (Å²) >= 11 is 6.07. The van der Waals surface area contributed by atoms with Crippen molar-refractivity contribution in [3.8, 4) is 5.75 Å². The molecule has 27 heavy (non-hydrogen) atoms. The monoisotopic (exact) mass is 396 g/mol. The van der Waals surface area contributed by atoms with Crippen LogP contribution in [0.2, 0.25) is 5.02 Å². The number of carbonyl (C=O) groups is 2. The number of likely N-dealkylation sites (tertiary alicyclic amines) is 1. The molecule has 2 heterocycles. The van der Waals surface area contributed by atoms with Gasteiger partial charge in [-0.05, 0) is 50.8 Å². The number of hydrogen-bond donors (Lipinski definition) is 2. The summed E-state index contributed by atoms with van der Waals surface area (Å²) in [7, 11) is 0. The summed E-state index contributed by atoms with van der Waals surface area (Å²) in [5.74, 6) is -0.376. The number of carbonyl (C=O) groups excluding carboxylic acids is 1. The number of halogens is 1. The first-order chi connectivity index (χ1) is 12.9. The highest BCUT2D eigenvalue weighted by atomic mass is 35.5. The maximum atomic E-state index is 12.6. The lowest BCUT2D eigenvalue weighted by Crippen LogP contribution is -2.37. The van der Waals surface area contributed by atoms with Crippen LogP contribution in [-0.4, -0.2) is 54.4 Å². The van der Waals surface area contributed by atoms with E-state index >= 15 is 0 Å². The fourth-order valence-corrected chi connectivity index (χ4v) is 3.52. The predicted molar refractivity (Wildman–Crippen MR) is 101 cm³/mol. The summed E-state index contributed by atoms with van der Waals surface area (Å²) < 4.78 is 11.5. The van der Waals surface area contributed by atoms with E-state index in [0.717, 1.165) is 25.9 Å². The third kappa shape index (κ3) is 4.84. The van der Waals surface area contributed by atoms with Gasteiger partial charge in [-0.1, -0.05) is 11.6 Å². The summed E-state index contributed by atoms with van der Waals surface area (Å²) in [4.78, 5) is 25.5. The molecule has 2 aliphatic rings. The third-order valence-corrected chi connectivity index (χ3v) is 5.39. The molecule has 148 valence electrons. The lowest BCUT2D eigenvalue weighted by atomic mass is 9.90. The van der Waals surface area contributed by atoms with E-state index in [1.807, 2.05) is 0 Å². The molecular weight excluding hydrogens is 372 g/mol. The van der Waals surface area contributed by atoms with Crippen LogP contribution in [0.3, 0.4) is 0 Å². The molecule has 1 aromatic rings. The van der Waals surface area contributed by atoms with Gasteiger partial charge in [-0.15, -0.1) is 0 Å². The number of benzene rings is 1. The van der Waals surface area contributed by atoms with Gasteiger partial charge in [0, 0.05) is 24.7 Å². The fourth-order valence-electron chi connectivity index (χ4n) is 3.35. The predicted octanol–water partition coefficient (Wildman–Crippen LogP) is 3.62. The van der Waals surface area contributed by atoms with Crippen molar-refractivity contribution < 1.29 is 24.2 Å². The topological polar surface area (TPSA) is 88.1 Å². The van der Waals surface area contributed by atoms with E-state index in [-0.39, 0.29) is 18.7 Å². The smallest absolute Gasteiger partial charge is 0.321 e. The summed E-state index contributed by atoms with van der Waals surface area (Å²) in [6.45, 7) is 3.36. The number of anilines is 1. The molecule has 1 aromatic carbocycles. The Kier molecular flexibility index (Phi) is 6.11. The first-order valence-corrected chi connectivity index (χ1v) is 9.58. The van der Waals surface area contributed by atoms with Crippen LogP contribution in [0.5, 0.6) is 5.75 Å². The number of amides is 2. The lowest BCUT2D eigenvalue weighted by molar-refractivity contribution is -0.146. The Balaban J connectivity index is 1.64. The number of nitrogens with one attached hydrogen (secondary N) is 1. The third-order valence-electron chi connectivity index (χ3n) is 5.16. The zero-order valence-corrected chi connectivity index (χ0v) is 16.1. The van der Waals surface area contributed by atoms with Crippen LogP contribution in [0.15, 0.2) is 18.2 Å². The quantitative estimate of drug-likeness (QED) is 0.793. The van der Waals surface area contributed by atoms with Crippen LogP contribution in [0.25, 0.3) is 0 Å². The molecule has 0 bridgehead atoms. The average Bonchev–Trinajstić information content (AvgIpc) is 3.06. The van der Waals surface area contributed by atoms with Crippen molar-refractivity contribution in [1.82, 2.24) is 4.90 Å². The minimum atomic E-state index is -0.913. The van der Waals surface area contributed by atoms with E-state index in [1.54, 1.807) is 25.1 Å². The summed E-state index contributed by atoms with van der Waals surface area (Å²) in [5.41, 5.74) is -0.448. The van der Waals surface area contributed by atoms with E-state index in [2.05, 4.69) is 5.32 Å². The van der Waals surface area contributed by atoms with E-state index in [9.17, 15) is 14.7 Å². The first kappa shape index (κ1) is 19.8.